The van der Waals surface area contributed by atoms with Gasteiger partial charge in [-0.05, 0) is 153 Å². The number of benzene rings is 8. The molecule has 0 saturated heterocycles. The van der Waals surface area contributed by atoms with Crippen LogP contribution in [0.1, 0.15) is 203 Å². The topological polar surface area (TPSA) is 13.0 Å². The smallest absolute Gasteiger partial charge is 0.0620 e. The standard InChI is InChI=1S/C27H38N2.C27H37N2.C24H20P.2CF3.4CH3.2Au.HI/c2*1-18(2)22-11-9-12-23(19(3)4)26(22)28-15-16-29(17-28)27-24(20(5)6)13-10-14-25(27)21(7)8;1-5-13-21(14-6-1)25(22-15-7-2-8-16-22,23-17-9-3-10-18-23)24-19-11-4-12-20-24;2*2-1(3)4;;;;;;;/h9-16,18-21H,17H2,1-8H3;9-21H,1-8H3;1-20H;;;4*1H3;;;1H/q;-1;+1;6*-1;;+1;/p-1. The minimum Gasteiger partial charge on any atom is -0.0620 e. The third-order valence-corrected chi connectivity index (χ3v) is 20.7. The fourth-order valence-electron chi connectivity index (χ4n) is 12.1. The molecule has 4 nitrogen and oxygen atoms in total. The monoisotopic (exact) mass is 1840 g/mol. The van der Waals surface area contributed by atoms with Gasteiger partial charge in [-0.25, -0.2) is 0 Å². The van der Waals surface area contributed by atoms with E-state index in [9.17, 15) is 26.3 Å². The second-order valence-electron chi connectivity index (χ2n) is 25.4. The Labute approximate surface area is 628 Å². The van der Waals surface area contributed by atoms with Crippen molar-refractivity contribution in [2.45, 2.75) is 158 Å². The van der Waals surface area contributed by atoms with Gasteiger partial charge in [-0.2, -0.15) is 0 Å². The molecule has 2 heterocycles. The predicted molar refractivity (Wildman–Crippen MR) is 420 cm³/mol. The van der Waals surface area contributed by atoms with Gasteiger partial charge in [-0.3, -0.25) is 0 Å². The summed E-state index contributed by atoms with van der Waals surface area (Å²) in [6.07, 6.45) is 8.98. The van der Waals surface area contributed by atoms with E-state index in [1.165, 1.54) is 88.5 Å². The molecule has 0 spiro atoms. The summed E-state index contributed by atoms with van der Waals surface area (Å²) in [7, 11) is -1.91. The van der Waals surface area contributed by atoms with Crippen molar-refractivity contribution in [3.63, 3.8) is 0 Å². The van der Waals surface area contributed by atoms with Crippen LogP contribution in [0.15, 0.2) is 219 Å². The van der Waals surface area contributed by atoms with E-state index in [0.29, 0.717) is 47.3 Å². The van der Waals surface area contributed by atoms with E-state index >= 15 is 0 Å². The Bertz CT molecular complexity index is 2980. The van der Waals surface area contributed by atoms with Gasteiger partial charge in [-0.1, -0.05) is 256 Å². The quantitative estimate of drug-likeness (QED) is 0.0314. The number of hydrogen-bond donors (Lipinski definition) is 0. The number of anilines is 4. The molecular weight excluding hydrogens is 1730 g/mol. The summed E-state index contributed by atoms with van der Waals surface area (Å²) < 4.78 is 57.5. The zero-order valence-corrected chi connectivity index (χ0v) is 68.6. The largest absolute Gasteiger partial charge is 0.144 e. The molecule has 0 aromatic heterocycles. The fourth-order valence-corrected chi connectivity index (χ4v) is 16.4. The molecule has 1 radical (unpaired) electrons. The minimum absolute atomic E-state index is 0. The molecule has 0 amide bonds. The van der Waals surface area contributed by atoms with Crippen LogP contribution in [0.4, 0.5) is 49.1 Å². The van der Waals surface area contributed by atoms with Crippen LogP contribution >= 0.6 is 26.3 Å². The summed E-state index contributed by atoms with van der Waals surface area (Å²) in [6.45, 7) is 33.6. The molecule has 0 unspecified atom stereocenters. The molecule has 2 aliphatic rings. The molecule has 0 N–H and O–H groups in total. The van der Waals surface area contributed by atoms with E-state index in [0.717, 1.165) is 6.67 Å². The molecule has 0 bridgehead atoms. The predicted octanol–water partition coefficient (Wildman–Crippen LogP) is 25.7. The molecule has 0 aliphatic carbocycles. The summed E-state index contributed by atoms with van der Waals surface area (Å²) in [4.78, 5) is 9.55. The summed E-state index contributed by atoms with van der Waals surface area (Å²) in [5.41, 5.74) is 16.8. The van der Waals surface area contributed by atoms with Gasteiger partial charge in [0.2, 0.25) is 0 Å². The van der Waals surface area contributed by atoms with Crippen LogP contribution in [0, 0.1) is 49.7 Å². The molecule has 8 aromatic carbocycles. The van der Waals surface area contributed by atoms with Gasteiger partial charge in [0, 0.05) is 57.5 Å². The first-order valence-corrected chi connectivity index (χ1v) is 40.0. The minimum atomic E-state index is -3.08. The van der Waals surface area contributed by atoms with Crippen LogP contribution in [0.2, 0.25) is 0 Å². The molecule has 545 valence electrons. The summed E-state index contributed by atoms with van der Waals surface area (Å²) >= 11 is 4.34. The molecule has 0 saturated carbocycles. The fraction of sp³-hybridized carbons (Fsp3) is 0.298. The van der Waals surface area contributed by atoms with Gasteiger partial charge in [-0.15, -0.1) is 6.67 Å². The van der Waals surface area contributed by atoms with Crippen LogP contribution in [-0.4, -0.2) is 6.67 Å². The first-order chi connectivity index (χ1) is 44.3. The molecule has 98 heavy (non-hydrogen) atoms. The number of halogens is 7. The van der Waals surface area contributed by atoms with E-state index in [1.54, 1.807) is 0 Å². The molecule has 10 rings (SSSR count). The second kappa shape index (κ2) is 45.5. The van der Waals surface area contributed by atoms with Gasteiger partial charge < -0.3 is 75.6 Å². The molecule has 2 aliphatic heterocycles. The van der Waals surface area contributed by atoms with Crippen molar-refractivity contribution in [1.82, 2.24) is 0 Å². The molecule has 0 atom stereocenters. The van der Waals surface area contributed by atoms with Gasteiger partial charge >= 0.3 is 36.3 Å². The van der Waals surface area contributed by atoms with Crippen molar-refractivity contribution >= 4 is 70.3 Å². The normalized spacial score (nSPS) is 12.2. The Morgan fingerprint density at radius 3 is 0.653 bits per heavy atom. The zero-order chi connectivity index (χ0) is 68.7. The molecule has 8 aromatic rings. The third-order valence-electron chi connectivity index (χ3n) is 16.4. The summed E-state index contributed by atoms with van der Waals surface area (Å²) in [5, 5.41) is 5.55. The Morgan fingerprint density at radius 1 is 0.306 bits per heavy atom. The van der Waals surface area contributed by atoms with Crippen LogP contribution in [-0.2, 0) is 39.6 Å². The first-order valence-electron chi connectivity index (χ1n) is 32.1. The molecule has 0 fully saturated rings. The third kappa shape index (κ3) is 24.4. The van der Waals surface area contributed by atoms with E-state index in [4.69, 9.17) is 0 Å². The van der Waals surface area contributed by atoms with Crippen LogP contribution < -0.4 is 40.8 Å². The second-order valence-corrected chi connectivity index (χ2v) is 28.8. The summed E-state index contributed by atoms with van der Waals surface area (Å²) in [5.74, 6) is 3.92. The van der Waals surface area contributed by atoms with E-state index in [-0.39, 0.29) is 52.1 Å². The number of para-hydroxylation sites is 4. The number of hydrogen-bond acceptors (Lipinski definition) is 4. The SMILES string of the molecule is CC(C)c1cccc(C(C)C)c1N1C=CN(c2c(C(C)C)cccc2C(C)C)C1.CC(C)c1cccc(C(C)C)c1N1C=CN(c2c(C(C)C)cccc2C(C)C)[CH-]1.F[C-](F)F.F[C-](F)F.[Au].[CH3-].[CH3-].[CH3-].[CH3-].[I][Au].c1ccc([P+](c2ccccc2)(c2ccccc2)c2ccccc2)cc1. The van der Waals surface area contributed by atoms with Crippen molar-refractivity contribution < 1.29 is 66.0 Å². The number of rotatable bonds is 16. The van der Waals surface area contributed by atoms with Crippen LogP contribution in [0.5, 0.6) is 0 Å². The van der Waals surface area contributed by atoms with Crippen LogP contribution in [0.25, 0.3) is 0 Å². The zero-order valence-electron chi connectivity index (χ0n) is 61.2. The van der Waals surface area contributed by atoms with Gasteiger partial charge in [0.15, 0.2) is 13.4 Å². The van der Waals surface area contributed by atoms with Crippen LogP contribution in [0.3, 0.4) is 0 Å². The van der Waals surface area contributed by atoms with Crippen molar-refractivity contribution in [3.8, 4) is 0 Å². The van der Waals surface area contributed by atoms with E-state index in [1.807, 2.05) is 0 Å². The maximum atomic E-state index is 9.58. The van der Waals surface area contributed by atoms with Gasteiger partial charge in [0.05, 0.1) is 6.67 Å². The average molecular weight is 1840 g/mol. The average Bonchev–Trinajstić information content (AvgIpc) is 0.942. The Hall–Kier alpha value is -5.34. The van der Waals surface area contributed by atoms with Crippen molar-refractivity contribution in [2.24, 2.45) is 0 Å². The maximum Gasteiger partial charge on any atom is 0.144 e. The Balaban J connectivity index is 0.00000132. The molecular formula is C84H107Au2F6IN4P-6. The maximum absolute atomic E-state index is 9.58. The Morgan fingerprint density at radius 2 is 0.480 bits per heavy atom. The van der Waals surface area contributed by atoms with Crippen molar-refractivity contribution in [2.75, 3.05) is 26.3 Å². The first kappa shape index (κ1) is 92.7. The van der Waals surface area contributed by atoms with Gasteiger partial charge in [0.25, 0.3) is 0 Å². The van der Waals surface area contributed by atoms with E-state index < -0.39 is 20.6 Å². The van der Waals surface area contributed by atoms with Gasteiger partial charge in [0.1, 0.15) is 28.5 Å². The Kier molecular flexibility index (Phi) is 43.0. The summed E-state index contributed by atoms with van der Waals surface area (Å²) in [6, 6.07) is 71.0. The molecule has 14 heteroatoms. The van der Waals surface area contributed by atoms with Crippen molar-refractivity contribution in [1.29, 1.82) is 0 Å². The van der Waals surface area contributed by atoms with Crippen molar-refractivity contribution in [3.05, 3.63) is 313 Å². The number of nitrogens with zero attached hydrogens (tertiary/aromatic N) is 4. The van der Waals surface area contributed by atoms with E-state index in [2.05, 4.69) is 392 Å².